The maximum Gasteiger partial charge on any atom is 0.426 e. The highest BCUT2D eigenvalue weighted by molar-refractivity contribution is 7.18. The number of amides is 3. The van der Waals surface area contributed by atoms with Crippen molar-refractivity contribution in [3.8, 4) is 0 Å². The molecule has 0 bridgehead atoms. The van der Waals surface area contributed by atoms with Crippen molar-refractivity contribution in [1.82, 2.24) is 19.6 Å². The molecule has 4 rings (SSSR count). The van der Waals surface area contributed by atoms with Gasteiger partial charge in [0.15, 0.2) is 0 Å². The zero-order valence-electron chi connectivity index (χ0n) is 20.0. The lowest BCUT2D eigenvalue weighted by Gasteiger charge is -2.36. The van der Waals surface area contributed by atoms with Gasteiger partial charge in [-0.1, -0.05) is 0 Å². The second kappa shape index (κ2) is 8.61. The molecule has 1 atom stereocenters. The predicted octanol–water partition coefficient (Wildman–Crippen LogP) is 3.23. The van der Waals surface area contributed by atoms with E-state index in [4.69, 9.17) is 10.5 Å². The number of halogens is 2. The van der Waals surface area contributed by atoms with E-state index in [9.17, 15) is 28.0 Å². The van der Waals surface area contributed by atoms with Crippen molar-refractivity contribution in [3.05, 3.63) is 31.3 Å². The number of hydrogen-bond donors (Lipinski definition) is 2. The number of nitrogens with zero attached hydrogens (tertiary/aromatic N) is 3. The van der Waals surface area contributed by atoms with Gasteiger partial charge in [0, 0.05) is 29.8 Å². The number of rotatable bonds is 5. The molecule has 13 heteroatoms. The van der Waals surface area contributed by atoms with Gasteiger partial charge in [0.25, 0.3) is 11.5 Å². The minimum atomic E-state index is -2.86. The van der Waals surface area contributed by atoms with Gasteiger partial charge in [-0.05, 0) is 52.5 Å². The van der Waals surface area contributed by atoms with E-state index in [1.165, 1.54) is 4.57 Å². The zero-order chi connectivity index (χ0) is 25.9. The number of urea groups is 1. The molecule has 0 aromatic carbocycles. The highest BCUT2D eigenvalue weighted by atomic mass is 32.1. The van der Waals surface area contributed by atoms with Crippen LogP contribution in [0.4, 0.5) is 18.4 Å². The summed E-state index contributed by atoms with van der Waals surface area (Å²) in [6.45, 7) is 6.24. The lowest BCUT2D eigenvalue weighted by molar-refractivity contribution is -0.137. The Labute approximate surface area is 203 Å². The van der Waals surface area contributed by atoms with Crippen LogP contribution >= 0.6 is 11.3 Å². The standard InChI is InChI=1S/C22H29F2N5O5S/c1-11-14(10-28(18(25)31)26-19(32)34-21(2,3)4)35-17-15(11)16(30)29(13-5-6-13)20(33)27(17)9-12-7-8-22(12,23)24/h12-13H,5-10H2,1-4H3,(H2,25,31)(H,26,32). The number of nitrogens with one attached hydrogen (secondary N) is 1. The first-order valence-corrected chi connectivity index (χ1v) is 12.2. The lowest BCUT2D eigenvalue weighted by Crippen LogP contribution is -2.49. The summed E-state index contributed by atoms with van der Waals surface area (Å²) >= 11 is 1.05. The molecule has 0 radical (unpaired) electrons. The third kappa shape index (κ3) is 4.91. The molecule has 3 N–H and O–H groups in total. The van der Waals surface area contributed by atoms with Crippen LogP contribution in [0.25, 0.3) is 10.2 Å². The van der Waals surface area contributed by atoms with Crippen LogP contribution in [-0.2, 0) is 17.8 Å². The number of aromatic nitrogens is 2. The van der Waals surface area contributed by atoms with Crippen molar-refractivity contribution in [2.75, 3.05) is 0 Å². The molecule has 2 fully saturated rings. The molecule has 0 saturated heterocycles. The van der Waals surface area contributed by atoms with E-state index < -0.39 is 40.8 Å². The minimum absolute atomic E-state index is 0.198. The number of thiophene rings is 1. The minimum Gasteiger partial charge on any atom is -0.443 e. The number of carbonyl (C=O) groups excluding carboxylic acids is 2. The third-order valence-electron chi connectivity index (χ3n) is 6.27. The second-order valence-electron chi connectivity index (χ2n) is 10.2. The van der Waals surface area contributed by atoms with Crippen molar-refractivity contribution < 1.29 is 23.1 Å². The lowest BCUT2D eigenvalue weighted by atomic mass is 9.81. The molecule has 2 heterocycles. The summed E-state index contributed by atoms with van der Waals surface area (Å²) in [5.41, 5.74) is 6.33. The third-order valence-corrected chi connectivity index (χ3v) is 7.57. The van der Waals surface area contributed by atoms with Crippen molar-refractivity contribution in [2.24, 2.45) is 11.7 Å². The van der Waals surface area contributed by atoms with Crippen LogP contribution in [0.1, 0.15) is 62.9 Å². The van der Waals surface area contributed by atoms with Gasteiger partial charge >= 0.3 is 17.8 Å². The Morgan fingerprint density at radius 3 is 2.40 bits per heavy atom. The van der Waals surface area contributed by atoms with Crippen molar-refractivity contribution in [2.45, 2.75) is 84.0 Å². The number of hydrogen-bond acceptors (Lipinski definition) is 6. The van der Waals surface area contributed by atoms with Crippen LogP contribution in [0, 0.1) is 12.8 Å². The summed E-state index contributed by atoms with van der Waals surface area (Å²) < 4.78 is 35.7. The van der Waals surface area contributed by atoms with Crippen molar-refractivity contribution in [1.29, 1.82) is 0 Å². The Kier molecular flexibility index (Phi) is 6.18. The molecule has 1 unspecified atom stereocenters. The number of fused-ring (bicyclic) bond motifs is 1. The summed E-state index contributed by atoms with van der Waals surface area (Å²) in [5.74, 6) is -3.85. The number of alkyl halides is 2. The van der Waals surface area contributed by atoms with Crippen molar-refractivity contribution in [3.63, 3.8) is 0 Å². The van der Waals surface area contributed by atoms with Gasteiger partial charge in [0.2, 0.25) is 0 Å². The number of ether oxygens (including phenoxy) is 1. The van der Waals surface area contributed by atoms with Crippen LogP contribution in [0.5, 0.6) is 0 Å². The molecule has 2 aromatic heterocycles. The maximum absolute atomic E-state index is 14.1. The van der Waals surface area contributed by atoms with Crippen LogP contribution in [0.3, 0.4) is 0 Å². The molecular formula is C22H29F2N5O5S. The van der Waals surface area contributed by atoms with Gasteiger partial charge in [-0.15, -0.1) is 11.3 Å². The fourth-order valence-corrected chi connectivity index (χ4v) is 5.40. The summed E-state index contributed by atoms with van der Waals surface area (Å²) in [5, 5.41) is 1.09. The smallest absolute Gasteiger partial charge is 0.426 e. The molecule has 0 spiro atoms. The SMILES string of the molecule is Cc1c(CN(NC(=O)OC(C)(C)C)C(N)=O)sc2c1c(=O)n(C1CC1)c(=O)n2CC1CCC1(F)F. The Morgan fingerprint density at radius 2 is 1.91 bits per heavy atom. The first-order chi connectivity index (χ1) is 16.2. The summed E-state index contributed by atoms with van der Waals surface area (Å²) in [6.07, 6.45) is 0.513. The molecular weight excluding hydrogens is 484 g/mol. The molecule has 2 aliphatic carbocycles. The van der Waals surface area contributed by atoms with Crippen LogP contribution in [0.15, 0.2) is 9.59 Å². The second-order valence-corrected chi connectivity index (χ2v) is 11.2. The highest BCUT2D eigenvalue weighted by Gasteiger charge is 2.48. The summed E-state index contributed by atoms with van der Waals surface area (Å²) in [7, 11) is 0. The van der Waals surface area contributed by atoms with Gasteiger partial charge in [-0.2, -0.15) is 0 Å². The van der Waals surface area contributed by atoms with Crippen LogP contribution < -0.4 is 22.4 Å². The number of carbonyl (C=O) groups is 2. The Balaban J connectivity index is 1.75. The quantitative estimate of drug-likeness (QED) is 0.593. The van der Waals surface area contributed by atoms with E-state index in [1.54, 1.807) is 27.7 Å². The Bertz CT molecular complexity index is 1300. The molecule has 192 valence electrons. The predicted molar refractivity (Wildman–Crippen MR) is 126 cm³/mol. The number of hydrazine groups is 1. The van der Waals surface area contributed by atoms with Gasteiger partial charge in [-0.25, -0.2) is 33.6 Å². The Hall–Kier alpha value is -2.96. The Morgan fingerprint density at radius 1 is 1.26 bits per heavy atom. The highest BCUT2D eigenvalue weighted by Crippen LogP contribution is 2.44. The van der Waals surface area contributed by atoms with Crippen LogP contribution in [-0.4, -0.2) is 37.8 Å². The van der Waals surface area contributed by atoms with Gasteiger partial charge < -0.3 is 10.5 Å². The fourth-order valence-electron chi connectivity index (χ4n) is 4.12. The van der Waals surface area contributed by atoms with Crippen LogP contribution in [0.2, 0.25) is 0 Å². The molecule has 10 nitrogen and oxygen atoms in total. The maximum atomic E-state index is 14.1. The first kappa shape index (κ1) is 25.1. The number of aryl methyl sites for hydroxylation is 1. The first-order valence-electron chi connectivity index (χ1n) is 11.4. The van der Waals surface area contributed by atoms with E-state index in [-0.39, 0.29) is 42.2 Å². The fraction of sp³-hybridized carbons (Fsp3) is 0.636. The average Bonchev–Trinajstić information content (AvgIpc) is 3.49. The number of primary amides is 1. The molecule has 2 saturated carbocycles. The normalized spacial score (nSPS) is 19.3. The molecule has 2 aliphatic rings. The summed E-state index contributed by atoms with van der Waals surface area (Å²) in [4.78, 5) is 51.4. The van der Waals surface area contributed by atoms with Gasteiger partial charge in [0.05, 0.1) is 11.9 Å². The van der Waals surface area contributed by atoms with E-state index in [2.05, 4.69) is 5.43 Å². The molecule has 35 heavy (non-hydrogen) atoms. The monoisotopic (exact) mass is 513 g/mol. The number of nitrogens with two attached hydrogens (primary N) is 1. The van der Waals surface area contributed by atoms with E-state index in [0.29, 0.717) is 23.3 Å². The molecule has 0 aliphatic heterocycles. The zero-order valence-corrected chi connectivity index (χ0v) is 20.8. The molecule has 2 aromatic rings. The largest absolute Gasteiger partial charge is 0.443 e. The van der Waals surface area contributed by atoms with E-state index in [0.717, 1.165) is 20.9 Å². The topological polar surface area (TPSA) is 129 Å². The van der Waals surface area contributed by atoms with Crippen molar-refractivity contribution >= 4 is 33.7 Å². The summed E-state index contributed by atoms with van der Waals surface area (Å²) in [6, 6.07) is -1.21. The average molecular weight is 514 g/mol. The van der Waals surface area contributed by atoms with Gasteiger partial charge in [-0.3, -0.25) is 13.9 Å². The van der Waals surface area contributed by atoms with E-state index >= 15 is 0 Å². The van der Waals surface area contributed by atoms with E-state index in [1.807, 2.05) is 0 Å². The van der Waals surface area contributed by atoms with Gasteiger partial charge in [0.1, 0.15) is 10.4 Å². The molecule has 3 amide bonds.